The van der Waals surface area contributed by atoms with E-state index in [1.807, 2.05) is 56.3 Å². The van der Waals surface area contributed by atoms with Gasteiger partial charge in [-0.15, -0.1) is 0 Å². The molecule has 0 radical (unpaired) electrons. The zero-order valence-corrected chi connectivity index (χ0v) is 23.6. The van der Waals surface area contributed by atoms with Crippen LogP contribution in [-0.4, -0.2) is 46.4 Å². The summed E-state index contributed by atoms with van der Waals surface area (Å²) in [5.41, 5.74) is 5.77. The van der Waals surface area contributed by atoms with Crippen LogP contribution in [0.1, 0.15) is 59.1 Å². The Labute approximate surface area is 235 Å². The van der Waals surface area contributed by atoms with Crippen molar-refractivity contribution in [2.45, 2.75) is 71.2 Å². The molecule has 0 saturated carbocycles. The molecule has 0 aromatic heterocycles. The number of ether oxygens (including phenoxy) is 1. The normalized spacial score (nSPS) is 13.5. The summed E-state index contributed by atoms with van der Waals surface area (Å²) in [4.78, 5) is 54.0. The van der Waals surface area contributed by atoms with Crippen molar-refractivity contribution >= 4 is 40.3 Å². The Balaban J connectivity index is 2.02. The molecule has 0 saturated heterocycles. The van der Waals surface area contributed by atoms with Gasteiger partial charge in [0.15, 0.2) is 0 Å². The summed E-state index contributed by atoms with van der Waals surface area (Å²) in [6.45, 7) is 8.76. The number of amides is 4. The van der Waals surface area contributed by atoms with Gasteiger partial charge in [-0.1, -0.05) is 67.6 Å². The van der Waals surface area contributed by atoms with Crippen LogP contribution in [0.4, 0.5) is 10.5 Å². The molecule has 3 aromatic rings. The Morgan fingerprint density at radius 3 is 2.15 bits per heavy atom. The molecule has 4 amide bonds. The molecule has 0 aliphatic heterocycles. The van der Waals surface area contributed by atoms with Crippen molar-refractivity contribution in [3.63, 3.8) is 0 Å². The Kier molecular flexibility index (Phi) is 9.87. The molecule has 9 heteroatoms. The molecule has 0 aliphatic rings. The van der Waals surface area contributed by atoms with Crippen LogP contribution in [0.15, 0.2) is 72.8 Å². The van der Waals surface area contributed by atoms with Gasteiger partial charge in [0.05, 0.1) is 6.42 Å². The molecule has 3 rings (SSSR count). The highest BCUT2D eigenvalue weighted by Crippen LogP contribution is 2.28. The smallest absolute Gasteiger partial charge is 0.408 e. The van der Waals surface area contributed by atoms with Crippen molar-refractivity contribution in [1.29, 1.82) is 0 Å². The molecule has 212 valence electrons. The number of nitrogens with zero attached hydrogens (tertiary/aromatic N) is 1. The van der Waals surface area contributed by atoms with Gasteiger partial charge in [-0.3, -0.25) is 14.4 Å². The maximum Gasteiger partial charge on any atom is 0.408 e. The molecule has 40 heavy (non-hydrogen) atoms. The van der Waals surface area contributed by atoms with Crippen molar-refractivity contribution in [3.8, 4) is 0 Å². The third-order valence-electron chi connectivity index (χ3n) is 6.37. The van der Waals surface area contributed by atoms with Gasteiger partial charge >= 0.3 is 6.09 Å². The van der Waals surface area contributed by atoms with E-state index in [2.05, 4.69) is 10.6 Å². The Bertz CT molecular complexity index is 1350. The Hall–Kier alpha value is -4.40. The minimum absolute atomic E-state index is 0.434. The first-order valence-corrected chi connectivity index (χ1v) is 13.3. The van der Waals surface area contributed by atoms with Gasteiger partial charge < -0.3 is 26.0 Å². The van der Waals surface area contributed by atoms with Crippen LogP contribution < -0.4 is 16.4 Å². The maximum absolute atomic E-state index is 14.1. The molecule has 0 spiro atoms. The van der Waals surface area contributed by atoms with Crippen molar-refractivity contribution in [1.82, 2.24) is 10.2 Å². The first-order valence-electron chi connectivity index (χ1n) is 13.3. The summed E-state index contributed by atoms with van der Waals surface area (Å²) in [6.07, 6.45) is -0.819. The van der Waals surface area contributed by atoms with E-state index in [0.29, 0.717) is 17.7 Å². The van der Waals surface area contributed by atoms with Gasteiger partial charge in [0.25, 0.3) is 5.91 Å². The standard InChI is InChI=1S/C31H38N4O5/c1-6-20(2)35(29(38)25(19-26(32)36)34-30(39)40-31(3,4)5)27(22-13-8-7-9-14-22)28(37)33-24-17-16-21-12-10-11-15-23(21)18-24/h7-18,20,25,27H,6,19H2,1-5H3,(H2,32,36)(H,33,37)(H,34,39). The van der Waals surface area contributed by atoms with Crippen LogP contribution in [0, 0.1) is 0 Å². The summed E-state index contributed by atoms with van der Waals surface area (Å²) in [7, 11) is 0. The Morgan fingerprint density at radius 1 is 0.925 bits per heavy atom. The highest BCUT2D eigenvalue weighted by Gasteiger charge is 2.39. The van der Waals surface area contributed by atoms with Gasteiger partial charge in [-0.05, 0) is 62.6 Å². The number of nitrogens with one attached hydrogen (secondary N) is 2. The van der Waals surface area contributed by atoms with Gasteiger partial charge in [0, 0.05) is 11.7 Å². The van der Waals surface area contributed by atoms with Crippen LogP contribution in [-0.2, 0) is 19.1 Å². The van der Waals surface area contributed by atoms with Crippen LogP contribution in [0.5, 0.6) is 0 Å². The van der Waals surface area contributed by atoms with E-state index in [-0.39, 0.29) is 0 Å². The molecule has 3 atom stereocenters. The van der Waals surface area contributed by atoms with E-state index in [9.17, 15) is 19.2 Å². The number of primary amides is 1. The van der Waals surface area contributed by atoms with E-state index in [1.54, 1.807) is 51.1 Å². The lowest BCUT2D eigenvalue weighted by atomic mass is 9.99. The largest absolute Gasteiger partial charge is 0.444 e. The van der Waals surface area contributed by atoms with Crippen LogP contribution in [0.2, 0.25) is 0 Å². The molecule has 3 aromatic carbocycles. The molecule has 0 fully saturated rings. The number of alkyl carbamates (subject to hydrolysis) is 1. The third-order valence-corrected chi connectivity index (χ3v) is 6.37. The fourth-order valence-corrected chi connectivity index (χ4v) is 4.38. The topological polar surface area (TPSA) is 131 Å². The fourth-order valence-electron chi connectivity index (χ4n) is 4.38. The minimum atomic E-state index is -1.33. The van der Waals surface area contributed by atoms with Gasteiger partial charge in [-0.2, -0.15) is 0 Å². The van der Waals surface area contributed by atoms with Crippen LogP contribution in [0.25, 0.3) is 10.8 Å². The van der Waals surface area contributed by atoms with E-state index >= 15 is 0 Å². The van der Waals surface area contributed by atoms with Crippen molar-refractivity contribution in [2.75, 3.05) is 5.32 Å². The molecule has 0 heterocycles. The number of hydrogen-bond acceptors (Lipinski definition) is 5. The summed E-state index contributed by atoms with van der Waals surface area (Å²) >= 11 is 0. The summed E-state index contributed by atoms with van der Waals surface area (Å²) < 4.78 is 5.32. The number of hydrogen-bond donors (Lipinski definition) is 3. The summed E-state index contributed by atoms with van der Waals surface area (Å²) in [5.74, 6) is -1.85. The molecule has 4 N–H and O–H groups in total. The third kappa shape index (κ3) is 8.05. The first kappa shape index (κ1) is 30.1. The number of rotatable bonds is 10. The lowest BCUT2D eigenvalue weighted by Gasteiger charge is -2.38. The van der Waals surface area contributed by atoms with Gasteiger partial charge in [0.2, 0.25) is 11.8 Å². The predicted octanol–water partition coefficient (Wildman–Crippen LogP) is 4.92. The van der Waals surface area contributed by atoms with E-state index < -0.39 is 54.0 Å². The molecule has 9 nitrogen and oxygen atoms in total. The molecular weight excluding hydrogens is 508 g/mol. The zero-order chi connectivity index (χ0) is 29.4. The van der Waals surface area contributed by atoms with Gasteiger partial charge in [-0.25, -0.2) is 4.79 Å². The van der Waals surface area contributed by atoms with E-state index in [0.717, 1.165) is 10.8 Å². The van der Waals surface area contributed by atoms with E-state index in [1.165, 1.54) is 4.90 Å². The SMILES string of the molecule is CCC(C)N(C(=O)C(CC(N)=O)NC(=O)OC(C)(C)C)C(C(=O)Nc1ccc2ccccc2c1)c1ccccc1. The average Bonchev–Trinajstić information content (AvgIpc) is 2.89. The van der Waals surface area contributed by atoms with Crippen molar-refractivity contribution in [3.05, 3.63) is 78.4 Å². The minimum Gasteiger partial charge on any atom is -0.444 e. The number of nitrogens with two attached hydrogens (primary N) is 1. The molecule has 3 unspecified atom stereocenters. The van der Waals surface area contributed by atoms with Crippen molar-refractivity contribution in [2.24, 2.45) is 5.73 Å². The van der Waals surface area contributed by atoms with Crippen molar-refractivity contribution < 1.29 is 23.9 Å². The average molecular weight is 547 g/mol. The van der Waals surface area contributed by atoms with Crippen LogP contribution >= 0.6 is 0 Å². The molecule has 0 aliphatic carbocycles. The number of carbonyl (C=O) groups is 4. The number of benzene rings is 3. The monoisotopic (exact) mass is 546 g/mol. The second-order valence-corrected chi connectivity index (χ2v) is 10.7. The second-order valence-electron chi connectivity index (χ2n) is 10.7. The number of anilines is 1. The first-order chi connectivity index (χ1) is 18.9. The summed E-state index contributed by atoms with van der Waals surface area (Å²) in [6, 6.07) is 19.4. The molecular formula is C31H38N4O5. The highest BCUT2D eigenvalue weighted by molar-refractivity contribution is 6.01. The highest BCUT2D eigenvalue weighted by atomic mass is 16.6. The fraction of sp³-hybridized carbons (Fsp3) is 0.355. The lowest BCUT2D eigenvalue weighted by molar-refractivity contribution is -0.144. The maximum atomic E-state index is 14.1. The number of fused-ring (bicyclic) bond motifs is 1. The lowest BCUT2D eigenvalue weighted by Crippen LogP contribution is -2.55. The number of carbonyl (C=O) groups excluding carboxylic acids is 4. The summed E-state index contributed by atoms with van der Waals surface area (Å²) in [5, 5.41) is 7.44. The Morgan fingerprint density at radius 2 is 1.55 bits per heavy atom. The second kappa shape index (κ2) is 13.1. The van der Waals surface area contributed by atoms with Gasteiger partial charge in [0.1, 0.15) is 17.7 Å². The van der Waals surface area contributed by atoms with Crippen LogP contribution in [0.3, 0.4) is 0 Å². The van der Waals surface area contributed by atoms with E-state index in [4.69, 9.17) is 10.5 Å². The quantitative estimate of drug-likeness (QED) is 0.332. The zero-order valence-electron chi connectivity index (χ0n) is 23.6. The predicted molar refractivity (Wildman–Crippen MR) is 155 cm³/mol. The molecule has 0 bridgehead atoms.